The first-order valence-electron chi connectivity index (χ1n) is 3.18. The quantitative estimate of drug-likeness (QED) is 0.581. The number of rotatable bonds is 5. The number of carboxylic acids is 1. The summed E-state index contributed by atoms with van der Waals surface area (Å²) in [5.74, 6) is 0.765. The third kappa shape index (κ3) is 7.78. The van der Waals surface area contributed by atoms with Crippen molar-refractivity contribution in [2.24, 2.45) is 5.73 Å². The molecule has 0 fully saturated rings. The molecule has 0 bridgehead atoms. The van der Waals surface area contributed by atoms with Crippen molar-refractivity contribution < 1.29 is 9.90 Å². The number of hydrogen-bond acceptors (Lipinski definition) is 3. The highest BCUT2D eigenvalue weighted by Crippen LogP contribution is 2.02. The molecule has 1 atom stereocenters. The molecule has 0 aliphatic carbocycles. The van der Waals surface area contributed by atoms with E-state index in [4.69, 9.17) is 10.8 Å². The number of aliphatic carboxylic acids is 1. The lowest BCUT2D eigenvalue weighted by Gasteiger charge is -2.01. The van der Waals surface area contributed by atoms with Crippen LogP contribution in [-0.4, -0.2) is 28.6 Å². The highest BCUT2D eigenvalue weighted by Gasteiger charge is 1.97. The molecule has 10 heavy (non-hydrogen) atoms. The molecule has 1 unspecified atom stereocenters. The van der Waals surface area contributed by atoms with Gasteiger partial charge in [0.25, 0.3) is 0 Å². The van der Waals surface area contributed by atoms with E-state index in [-0.39, 0.29) is 12.5 Å². The van der Waals surface area contributed by atoms with Crippen LogP contribution in [-0.2, 0) is 4.79 Å². The fraction of sp³-hybridized carbons (Fsp3) is 0.833. The summed E-state index contributed by atoms with van der Waals surface area (Å²) in [6.45, 7) is 1.91. The first-order valence-corrected chi connectivity index (χ1v) is 4.33. The molecule has 3 nitrogen and oxygen atoms in total. The van der Waals surface area contributed by atoms with Crippen molar-refractivity contribution in [2.75, 3.05) is 11.5 Å². The van der Waals surface area contributed by atoms with Crippen molar-refractivity contribution in [1.29, 1.82) is 0 Å². The first-order chi connectivity index (χ1) is 4.63. The van der Waals surface area contributed by atoms with Crippen LogP contribution in [0.3, 0.4) is 0 Å². The fourth-order valence-electron chi connectivity index (χ4n) is 0.429. The van der Waals surface area contributed by atoms with Gasteiger partial charge in [-0.2, -0.15) is 11.8 Å². The highest BCUT2D eigenvalue weighted by molar-refractivity contribution is 7.99. The zero-order valence-corrected chi connectivity index (χ0v) is 6.86. The maximum Gasteiger partial charge on any atom is 0.304 e. The van der Waals surface area contributed by atoms with Gasteiger partial charge < -0.3 is 10.8 Å². The summed E-state index contributed by atoms with van der Waals surface area (Å²) in [7, 11) is 0. The molecule has 60 valence electrons. The summed E-state index contributed by atoms with van der Waals surface area (Å²) >= 11 is 1.58. The summed E-state index contributed by atoms with van der Waals surface area (Å²) < 4.78 is 0. The fourth-order valence-corrected chi connectivity index (χ4v) is 1.29. The Hall–Kier alpha value is -0.220. The molecule has 0 heterocycles. The van der Waals surface area contributed by atoms with Crippen LogP contribution >= 0.6 is 11.8 Å². The second-order valence-electron chi connectivity index (χ2n) is 2.20. The third-order valence-corrected chi connectivity index (χ3v) is 2.10. The predicted molar refractivity (Wildman–Crippen MR) is 43.2 cm³/mol. The minimum Gasteiger partial charge on any atom is -0.481 e. The molecule has 0 amide bonds. The van der Waals surface area contributed by atoms with Crippen LogP contribution in [0.5, 0.6) is 0 Å². The minimum atomic E-state index is -0.739. The predicted octanol–water partition coefficient (Wildman–Crippen LogP) is 0.542. The molecule has 0 saturated carbocycles. The molecule has 0 spiro atoms. The number of carboxylic acid groups (broad SMARTS) is 1. The van der Waals surface area contributed by atoms with Gasteiger partial charge in [-0.25, -0.2) is 0 Å². The minimum absolute atomic E-state index is 0.166. The molecule has 0 saturated heterocycles. The first kappa shape index (κ1) is 9.78. The SMILES string of the molecule is CC(N)CSCCC(=O)O. The van der Waals surface area contributed by atoms with Crippen molar-refractivity contribution in [1.82, 2.24) is 0 Å². The Kier molecular flexibility index (Phi) is 5.43. The lowest BCUT2D eigenvalue weighted by Crippen LogP contribution is -2.17. The van der Waals surface area contributed by atoms with Gasteiger partial charge in [0.1, 0.15) is 0 Å². The molecule has 4 heteroatoms. The summed E-state index contributed by atoms with van der Waals surface area (Å²) in [6.07, 6.45) is 0.234. The largest absolute Gasteiger partial charge is 0.481 e. The normalized spacial score (nSPS) is 13.0. The molecule has 0 aromatic rings. The van der Waals surface area contributed by atoms with E-state index >= 15 is 0 Å². The number of carbonyl (C=O) groups is 1. The standard InChI is InChI=1S/C6H13NO2S/c1-5(7)4-10-3-2-6(8)9/h5H,2-4,7H2,1H3,(H,8,9). The van der Waals surface area contributed by atoms with Crippen LogP contribution in [0.4, 0.5) is 0 Å². The number of thioether (sulfide) groups is 1. The van der Waals surface area contributed by atoms with E-state index in [2.05, 4.69) is 0 Å². The van der Waals surface area contributed by atoms with Crippen LogP contribution in [0.15, 0.2) is 0 Å². The Morgan fingerprint density at radius 1 is 1.80 bits per heavy atom. The summed E-state index contributed by atoms with van der Waals surface area (Å²) in [6, 6.07) is 0.166. The Bertz CT molecular complexity index is 106. The van der Waals surface area contributed by atoms with E-state index in [1.165, 1.54) is 0 Å². The maximum atomic E-state index is 10.00. The van der Waals surface area contributed by atoms with Crippen LogP contribution in [0.25, 0.3) is 0 Å². The molecule has 0 aromatic carbocycles. The Labute approximate surface area is 65.0 Å². The topological polar surface area (TPSA) is 63.3 Å². The van der Waals surface area contributed by atoms with Crippen LogP contribution in [0, 0.1) is 0 Å². The summed E-state index contributed by atoms with van der Waals surface area (Å²) in [5.41, 5.74) is 5.44. The van der Waals surface area contributed by atoms with E-state index in [1.54, 1.807) is 11.8 Å². The van der Waals surface area contributed by atoms with Crippen molar-refractivity contribution in [2.45, 2.75) is 19.4 Å². The second kappa shape index (κ2) is 5.56. The van der Waals surface area contributed by atoms with Crippen molar-refractivity contribution in [3.05, 3.63) is 0 Å². The van der Waals surface area contributed by atoms with E-state index < -0.39 is 5.97 Å². The van der Waals surface area contributed by atoms with Crippen molar-refractivity contribution in [3.8, 4) is 0 Å². The van der Waals surface area contributed by atoms with Gasteiger partial charge in [0.05, 0.1) is 6.42 Å². The Morgan fingerprint density at radius 2 is 2.40 bits per heavy atom. The van der Waals surface area contributed by atoms with Crippen molar-refractivity contribution in [3.63, 3.8) is 0 Å². The van der Waals surface area contributed by atoms with Gasteiger partial charge in [0, 0.05) is 17.5 Å². The van der Waals surface area contributed by atoms with E-state index in [0.29, 0.717) is 5.75 Å². The lowest BCUT2D eigenvalue weighted by atomic mass is 10.4. The van der Waals surface area contributed by atoms with E-state index in [9.17, 15) is 4.79 Å². The Morgan fingerprint density at radius 3 is 2.80 bits per heavy atom. The zero-order chi connectivity index (χ0) is 7.98. The summed E-state index contributed by atoms with van der Waals surface area (Å²) in [4.78, 5) is 10.00. The van der Waals surface area contributed by atoms with Crippen molar-refractivity contribution >= 4 is 17.7 Å². The van der Waals surface area contributed by atoms with Gasteiger partial charge in [0.15, 0.2) is 0 Å². The third-order valence-electron chi connectivity index (χ3n) is 0.841. The Balaban J connectivity index is 2.98. The van der Waals surface area contributed by atoms with Gasteiger partial charge in [-0.15, -0.1) is 0 Å². The molecule has 0 aromatic heterocycles. The van der Waals surface area contributed by atoms with Crippen LogP contribution in [0.1, 0.15) is 13.3 Å². The highest BCUT2D eigenvalue weighted by atomic mass is 32.2. The van der Waals surface area contributed by atoms with E-state index in [1.807, 2.05) is 6.92 Å². The second-order valence-corrected chi connectivity index (χ2v) is 3.35. The number of hydrogen-bond donors (Lipinski definition) is 2. The smallest absolute Gasteiger partial charge is 0.304 e. The van der Waals surface area contributed by atoms with Crippen LogP contribution < -0.4 is 5.73 Å². The molecule has 0 aliphatic rings. The summed E-state index contributed by atoms with van der Waals surface area (Å²) in [5, 5.41) is 8.23. The van der Waals surface area contributed by atoms with Gasteiger partial charge in [-0.1, -0.05) is 0 Å². The van der Waals surface area contributed by atoms with Gasteiger partial charge in [-0.05, 0) is 6.92 Å². The molecule has 3 N–H and O–H groups in total. The van der Waals surface area contributed by atoms with Crippen LogP contribution in [0.2, 0.25) is 0 Å². The average molecular weight is 163 g/mol. The molecule has 0 aliphatic heterocycles. The van der Waals surface area contributed by atoms with Gasteiger partial charge in [0.2, 0.25) is 0 Å². The molecular weight excluding hydrogens is 150 g/mol. The monoisotopic (exact) mass is 163 g/mol. The maximum absolute atomic E-state index is 10.00. The molecular formula is C6H13NO2S. The van der Waals surface area contributed by atoms with E-state index in [0.717, 1.165) is 5.75 Å². The van der Waals surface area contributed by atoms with Gasteiger partial charge in [-0.3, -0.25) is 4.79 Å². The molecule has 0 rings (SSSR count). The molecule has 0 radical (unpaired) electrons. The lowest BCUT2D eigenvalue weighted by molar-refractivity contribution is -0.136. The van der Waals surface area contributed by atoms with Gasteiger partial charge >= 0.3 is 5.97 Å². The number of nitrogens with two attached hydrogens (primary N) is 1. The zero-order valence-electron chi connectivity index (χ0n) is 6.04. The average Bonchev–Trinajstić information content (AvgIpc) is 1.79.